The third-order valence-corrected chi connectivity index (χ3v) is 5.35. The number of hydrogen-bond donors (Lipinski definition) is 1. The number of rotatable bonds is 7. The van der Waals surface area contributed by atoms with Crippen LogP contribution in [0.25, 0.3) is 0 Å². The molecule has 7 heteroatoms. The second kappa shape index (κ2) is 6.97. The number of hydrogen-bond acceptors (Lipinski definition) is 7. The summed E-state index contributed by atoms with van der Waals surface area (Å²) in [5.41, 5.74) is 6.03. The Hall–Kier alpha value is -1.47. The van der Waals surface area contributed by atoms with Gasteiger partial charge in [-0.25, -0.2) is 0 Å². The lowest BCUT2D eigenvalue weighted by Crippen LogP contribution is -2.63. The summed E-state index contributed by atoms with van der Waals surface area (Å²) in [6.07, 6.45) is 3.61. The Morgan fingerprint density at radius 1 is 1.17 bits per heavy atom. The van der Waals surface area contributed by atoms with Crippen LogP contribution in [0.15, 0.2) is 0 Å². The normalized spacial score (nSPS) is 22.9. The molecular formula is C16H30N6O. The molecule has 0 aromatic carbocycles. The van der Waals surface area contributed by atoms with Crippen molar-refractivity contribution < 1.29 is 4.74 Å². The van der Waals surface area contributed by atoms with E-state index in [1.807, 2.05) is 26.1 Å². The van der Waals surface area contributed by atoms with Gasteiger partial charge in [-0.2, -0.15) is 15.0 Å². The summed E-state index contributed by atoms with van der Waals surface area (Å²) < 4.78 is 5.69. The maximum atomic E-state index is 5.82. The van der Waals surface area contributed by atoms with E-state index in [2.05, 4.69) is 40.7 Å². The Labute approximate surface area is 139 Å². The van der Waals surface area contributed by atoms with Crippen molar-refractivity contribution in [2.75, 3.05) is 38.9 Å². The molecule has 2 N–H and O–H groups in total. The van der Waals surface area contributed by atoms with Crippen molar-refractivity contribution in [1.29, 1.82) is 0 Å². The molecule has 0 radical (unpaired) electrons. The van der Waals surface area contributed by atoms with Crippen LogP contribution in [-0.4, -0.2) is 60.3 Å². The van der Waals surface area contributed by atoms with Crippen molar-refractivity contribution in [3.8, 4) is 0 Å². The summed E-state index contributed by atoms with van der Waals surface area (Å²) in [5, 5.41) is 0. The highest BCUT2D eigenvalue weighted by Crippen LogP contribution is 2.51. The highest BCUT2D eigenvalue weighted by molar-refractivity contribution is 5.32. The molecule has 1 heterocycles. The van der Waals surface area contributed by atoms with Crippen molar-refractivity contribution in [3.63, 3.8) is 0 Å². The number of methoxy groups -OCH3 is 1. The number of nitrogen functional groups attached to an aromatic ring is 1. The lowest BCUT2D eigenvalue weighted by atomic mass is 9.58. The zero-order chi connectivity index (χ0) is 17.2. The molecule has 0 saturated heterocycles. The average Bonchev–Trinajstić information content (AvgIpc) is 2.47. The number of nitrogens with zero attached hydrogens (tertiary/aromatic N) is 5. The van der Waals surface area contributed by atoms with Crippen molar-refractivity contribution in [2.24, 2.45) is 5.41 Å². The lowest BCUT2D eigenvalue weighted by Gasteiger charge is -2.58. The van der Waals surface area contributed by atoms with Crippen LogP contribution in [0.2, 0.25) is 0 Å². The predicted molar refractivity (Wildman–Crippen MR) is 92.3 cm³/mol. The van der Waals surface area contributed by atoms with Crippen molar-refractivity contribution in [2.45, 2.75) is 51.8 Å². The smallest absolute Gasteiger partial charge is 0.229 e. The minimum Gasteiger partial charge on any atom is -0.381 e. The second-order valence-electron chi connectivity index (χ2n) is 6.64. The fourth-order valence-electron chi connectivity index (χ4n) is 3.88. The van der Waals surface area contributed by atoms with Gasteiger partial charge in [-0.05, 0) is 26.3 Å². The van der Waals surface area contributed by atoms with Crippen LogP contribution in [0, 0.1) is 5.41 Å². The molecule has 0 unspecified atom stereocenters. The summed E-state index contributed by atoms with van der Waals surface area (Å²) in [5.74, 6) is 1.58. The first-order valence-electron chi connectivity index (χ1n) is 8.28. The Bertz CT molecular complexity index is 531. The molecule has 1 aliphatic rings. The molecule has 1 fully saturated rings. The third kappa shape index (κ3) is 3.26. The quantitative estimate of drug-likeness (QED) is 0.815. The van der Waals surface area contributed by atoms with Crippen LogP contribution in [0.4, 0.5) is 11.9 Å². The van der Waals surface area contributed by atoms with Crippen LogP contribution in [0.5, 0.6) is 0 Å². The molecule has 2 rings (SSSR count). The Morgan fingerprint density at radius 2 is 1.83 bits per heavy atom. The Morgan fingerprint density at radius 3 is 2.35 bits per heavy atom. The molecule has 0 aliphatic heterocycles. The van der Waals surface area contributed by atoms with Gasteiger partial charge < -0.3 is 15.4 Å². The molecule has 23 heavy (non-hydrogen) atoms. The molecule has 130 valence electrons. The number of ether oxygens (including phenoxy) is 1. The van der Waals surface area contributed by atoms with Gasteiger partial charge >= 0.3 is 0 Å². The predicted octanol–water partition coefficient (Wildman–Crippen LogP) is 1.55. The van der Waals surface area contributed by atoms with Crippen LogP contribution in [0.1, 0.15) is 38.9 Å². The number of aromatic nitrogens is 3. The summed E-state index contributed by atoms with van der Waals surface area (Å²) >= 11 is 0. The van der Waals surface area contributed by atoms with E-state index in [0.717, 1.165) is 19.3 Å². The van der Waals surface area contributed by atoms with Gasteiger partial charge in [-0.15, -0.1) is 0 Å². The van der Waals surface area contributed by atoms with Crippen LogP contribution in [0.3, 0.4) is 0 Å². The average molecular weight is 322 g/mol. The van der Waals surface area contributed by atoms with Crippen molar-refractivity contribution in [1.82, 2.24) is 19.9 Å². The molecule has 2 atom stereocenters. The molecule has 1 aromatic heterocycles. The topological polar surface area (TPSA) is 80.4 Å². The van der Waals surface area contributed by atoms with E-state index in [0.29, 0.717) is 30.5 Å². The zero-order valence-electron chi connectivity index (χ0n) is 15.2. The summed E-state index contributed by atoms with van der Waals surface area (Å²) in [6, 6.07) is 0.475. The van der Waals surface area contributed by atoms with E-state index < -0.39 is 0 Å². The maximum absolute atomic E-state index is 5.82. The fraction of sp³-hybridized carbons (Fsp3) is 0.812. The van der Waals surface area contributed by atoms with Crippen molar-refractivity contribution >= 4 is 11.9 Å². The highest BCUT2D eigenvalue weighted by Gasteiger charge is 2.54. The van der Waals surface area contributed by atoms with Gasteiger partial charge in [0.1, 0.15) is 5.82 Å². The minimum absolute atomic E-state index is 0.215. The van der Waals surface area contributed by atoms with Gasteiger partial charge in [0.2, 0.25) is 11.9 Å². The van der Waals surface area contributed by atoms with Gasteiger partial charge in [0.25, 0.3) is 0 Å². The van der Waals surface area contributed by atoms with E-state index >= 15 is 0 Å². The maximum Gasteiger partial charge on any atom is 0.229 e. The molecule has 1 saturated carbocycles. The number of anilines is 2. The van der Waals surface area contributed by atoms with E-state index in [1.54, 1.807) is 0 Å². The Kier molecular flexibility index (Phi) is 5.41. The van der Waals surface area contributed by atoms with Gasteiger partial charge in [-0.3, -0.25) is 4.90 Å². The monoisotopic (exact) mass is 322 g/mol. The Balaban J connectivity index is 2.15. The molecule has 1 aromatic rings. The molecule has 0 bridgehead atoms. The van der Waals surface area contributed by atoms with E-state index in [9.17, 15) is 0 Å². The highest BCUT2D eigenvalue weighted by atomic mass is 16.5. The first-order chi connectivity index (χ1) is 10.9. The van der Waals surface area contributed by atoms with Crippen LogP contribution >= 0.6 is 0 Å². The van der Waals surface area contributed by atoms with E-state index in [1.165, 1.54) is 0 Å². The lowest BCUT2D eigenvalue weighted by molar-refractivity contribution is -0.158. The van der Waals surface area contributed by atoms with E-state index in [-0.39, 0.29) is 11.4 Å². The molecule has 1 aliphatic carbocycles. The standard InChI is InChI=1S/C16H30N6O/c1-7-16(8-2)11(9-12(16)23-6)22(5)10-13-18-14(17)20-15(19-13)21(3)4/h11-12H,7-10H2,1-6H3,(H2,17,18,19,20)/t11-,12-/m1/s1. The summed E-state index contributed by atoms with van der Waals surface area (Å²) in [4.78, 5) is 17.1. The van der Waals surface area contributed by atoms with Crippen LogP contribution < -0.4 is 10.6 Å². The van der Waals surface area contributed by atoms with E-state index in [4.69, 9.17) is 10.5 Å². The first kappa shape index (κ1) is 17.9. The molecule has 0 spiro atoms. The van der Waals surface area contributed by atoms with Gasteiger partial charge in [0, 0.05) is 32.7 Å². The molecule has 0 amide bonds. The largest absolute Gasteiger partial charge is 0.381 e. The van der Waals surface area contributed by atoms with Gasteiger partial charge in [0.05, 0.1) is 12.6 Å². The zero-order valence-corrected chi connectivity index (χ0v) is 15.2. The number of nitrogens with two attached hydrogens (primary N) is 1. The molecular weight excluding hydrogens is 292 g/mol. The third-order valence-electron chi connectivity index (χ3n) is 5.35. The van der Waals surface area contributed by atoms with Gasteiger partial charge in [-0.1, -0.05) is 13.8 Å². The van der Waals surface area contributed by atoms with Crippen molar-refractivity contribution in [3.05, 3.63) is 5.82 Å². The summed E-state index contributed by atoms with van der Waals surface area (Å²) in [7, 11) is 7.75. The van der Waals surface area contributed by atoms with Crippen LogP contribution in [-0.2, 0) is 11.3 Å². The molecule has 7 nitrogen and oxygen atoms in total. The minimum atomic E-state index is 0.215. The SMILES string of the molecule is CCC1(CC)[C@H](OC)C[C@H]1N(C)Cc1nc(N)nc(N(C)C)n1. The second-order valence-corrected chi connectivity index (χ2v) is 6.64. The first-order valence-corrected chi connectivity index (χ1v) is 8.28. The van der Waals surface area contributed by atoms with Gasteiger partial charge in [0.15, 0.2) is 0 Å². The fourth-order valence-corrected chi connectivity index (χ4v) is 3.88. The summed E-state index contributed by atoms with van der Waals surface area (Å²) in [6.45, 7) is 5.16.